The zero-order valence-corrected chi connectivity index (χ0v) is 10.7. The van der Waals surface area contributed by atoms with Gasteiger partial charge in [-0.1, -0.05) is 24.3 Å². The number of nitrogens with zero attached hydrogens (tertiary/aromatic N) is 1. The second kappa shape index (κ2) is 5.97. The molecule has 0 spiro atoms. The van der Waals surface area contributed by atoms with Crippen LogP contribution in [0.4, 0.5) is 0 Å². The minimum Gasteiger partial charge on any atom is -0.387 e. The van der Waals surface area contributed by atoms with Gasteiger partial charge in [-0.2, -0.15) is 8.42 Å². The van der Waals surface area contributed by atoms with E-state index >= 15 is 0 Å². The highest BCUT2D eigenvalue weighted by Gasteiger charge is 2.23. The number of rotatable bonds is 0. The standard InChI is InChI=1S/C10H13N3O.H2O4S/c11-10(12)13-5-7-3-1-2-4-8(7)9(14)6-13;1-5(2,3)4/h1-4,9,14H,5-6H2,(H3,11,12);(H2,1,2,3,4). The topological polar surface area (TPSA) is 148 Å². The number of aliphatic hydroxyl groups excluding tert-OH is 1. The van der Waals surface area contributed by atoms with Crippen LogP contribution in [0.2, 0.25) is 0 Å². The summed E-state index contributed by atoms with van der Waals surface area (Å²) in [6.07, 6.45) is -0.538. The monoisotopic (exact) mass is 289 g/mol. The Balaban J connectivity index is 0.000000312. The third kappa shape index (κ3) is 5.22. The van der Waals surface area contributed by atoms with E-state index in [9.17, 15) is 5.11 Å². The number of aliphatic hydroxyl groups is 1. The van der Waals surface area contributed by atoms with Gasteiger partial charge in [-0.05, 0) is 11.1 Å². The van der Waals surface area contributed by atoms with Crippen molar-refractivity contribution in [1.82, 2.24) is 4.90 Å². The van der Waals surface area contributed by atoms with E-state index in [2.05, 4.69) is 0 Å². The number of hydrogen-bond donors (Lipinski definition) is 5. The van der Waals surface area contributed by atoms with E-state index in [1.807, 2.05) is 24.3 Å². The van der Waals surface area contributed by atoms with E-state index in [0.717, 1.165) is 11.1 Å². The number of benzene rings is 1. The van der Waals surface area contributed by atoms with Crippen LogP contribution in [0.25, 0.3) is 0 Å². The van der Waals surface area contributed by atoms with E-state index in [1.54, 1.807) is 4.90 Å². The van der Waals surface area contributed by atoms with Crippen molar-refractivity contribution in [3.05, 3.63) is 35.4 Å². The van der Waals surface area contributed by atoms with Crippen LogP contribution in [0.15, 0.2) is 24.3 Å². The molecule has 0 amide bonds. The van der Waals surface area contributed by atoms with E-state index in [1.165, 1.54) is 0 Å². The fourth-order valence-corrected chi connectivity index (χ4v) is 1.76. The number of β-amino-alcohol motifs (C(OH)–C–C–N with tert-alkyl or cyclic N) is 1. The summed E-state index contributed by atoms with van der Waals surface area (Å²) in [5.41, 5.74) is 7.38. The summed E-state index contributed by atoms with van der Waals surface area (Å²) in [7, 11) is -4.67. The first-order valence-electron chi connectivity index (χ1n) is 5.23. The molecule has 1 aliphatic heterocycles. The molecule has 1 atom stereocenters. The Morgan fingerprint density at radius 2 is 1.89 bits per heavy atom. The Morgan fingerprint density at radius 3 is 2.42 bits per heavy atom. The first-order chi connectivity index (χ1) is 8.68. The number of fused-ring (bicyclic) bond motifs is 1. The molecule has 9 heteroatoms. The fraction of sp³-hybridized carbons (Fsp3) is 0.300. The number of hydrogen-bond acceptors (Lipinski definition) is 4. The Bertz CT molecular complexity index is 552. The molecule has 8 nitrogen and oxygen atoms in total. The lowest BCUT2D eigenvalue weighted by Crippen LogP contribution is -2.41. The van der Waals surface area contributed by atoms with Crippen LogP contribution < -0.4 is 5.73 Å². The molecular weight excluding hydrogens is 274 g/mol. The summed E-state index contributed by atoms with van der Waals surface area (Å²) in [5.74, 6) is 0.0125. The van der Waals surface area contributed by atoms with Gasteiger partial charge in [0.15, 0.2) is 5.96 Å². The van der Waals surface area contributed by atoms with Gasteiger partial charge in [0.25, 0.3) is 0 Å². The highest BCUT2D eigenvalue weighted by molar-refractivity contribution is 7.79. The number of nitrogens with two attached hydrogens (primary N) is 1. The van der Waals surface area contributed by atoms with Crippen LogP contribution in [0.1, 0.15) is 17.2 Å². The molecule has 0 saturated heterocycles. The molecule has 1 heterocycles. The van der Waals surface area contributed by atoms with Crippen molar-refractivity contribution in [2.45, 2.75) is 12.6 Å². The predicted octanol–water partition coefficient (Wildman–Crippen LogP) is -0.224. The smallest absolute Gasteiger partial charge is 0.387 e. The van der Waals surface area contributed by atoms with E-state index in [-0.39, 0.29) is 5.96 Å². The second-order valence-corrected chi connectivity index (χ2v) is 4.82. The molecule has 0 radical (unpaired) electrons. The van der Waals surface area contributed by atoms with Crippen LogP contribution in [-0.4, -0.2) is 40.0 Å². The first-order valence-corrected chi connectivity index (χ1v) is 6.63. The lowest BCUT2D eigenvalue weighted by Gasteiger charge is -2.32. The van der Waals surface area contributed by atoms with Gasteiger partial charge < -0.3 is 15.7 Å². The molecule has 1 aliphatic rings. The third-order valence-corrected chi connectivity index (χ3v) is 2.51. The Morgan fingerprint density at radius 1 is 1.37 bits per heavy atom. The van der Waals surface area contributed by atoms with Crippen LogP contribution in [0, 0.1) is 5.41 Å². The molecule has 1 aromatic carbocycles. The predicted molar refractivity (Wildman–Crippen MR) is 67.9 cm³/mol. The zero-order valence-electron chi connectivity index (χ0n) is 9.89. The summed E-state index contributed by atoms with van der Waals surface area (Å²) in [5, 5.41) is 17.1. The summed E-state index contributed by atoms with van der Waals surface area (Å²) in [6.45, 7) is 1.02. The molecule has 2 rings (SSSR count). The van der Waals surface area contributed by atoms with Crippen molar-refractivity contribution in [1.29, 1.82) is 5.41 Å². The molecule has 1 unspecified atom stereocenters. The van der Waals surface area contributed by atoms with Crippen molar-refractivity contribution >= 4 is 16.4 Å². The maximum absolute atomic E-state index is 9.79. The van der Waals surface area contributed by atoms with Crippen LogP contribution in [-0.2, 0) is 16.9 Å². The molecular formula is C10H15N3O5S. The van der Waals surface area contributed by atoms with Gasteiger partial charge in [0.1, 0.15) is 0 Å². The number of guanidine groups is 1. The lowest BCUT2D eigenvalue weighted by atomic mass is 9.98. The molecule has 6 N–H and O–H groups in total. The van der Waals surface area contributed by atoms with Gasteiger partial charge in [0.2, 0.25) is 0 Å². The van der Waals surface area contributed by atoms with Crippen LogP contribution in [0.5, 0.6) is 0 Å². The normalized spacial score (nSPS) is 18.1. The van der Waals surface area contributed by atoms with E-state index in [4.69, 9.17) is 28.7 Å². The van der Waals surface area contributed by atoms with Gasteiger partial charge in [-0.3, -0.25) is 14.5 Å². The van der Waals surface area contributed by atoms with Crippen molar-refractivity contribution in [2.75, 3.05) is 6.54 Å². The third-order valence-electron chi connectivity index (χ3n) is 2.51. The van der Waals surface area contributed by atoms with Gasteiger partial charge in [-0.15, -0.1) is 0 Å². The largest absolute Gasteiger partial charge is 0.394 e. The maximum Gasteiger partial charge on any atom is 0.394 e. The zero-order chi connectivity index (χ0) is 14.6. The van der Waals surface area contributed by atoms with Crippen molar-refractivity contribution in [3.63, 3.8) is 0 Å². The van der Waals surface area contributed by atoms with E-state index < -0.39 is 16.5 Å². The van der Waals surface area contributed by atoms with Gasteiger partial charge in [-0.25, -0.2) is 0 Å². The molecule has 0 aromatic heterocycles. The Hall–Kier alpha value is -1.68. The lowest BCUT2D eigenvalue weighted by molar-refractivity contribution is 0.126. The van der Waals surface area contributed by atoms with Crippen molar-refractivity contribution in [3.8, 4) is 0 Å². The SMILES string of the molecule is N=C(N)N1Cc2ccccc2C(O)C1.O=S(=O)(O)O. The van der Waals surface area contributed by atoms with Crippen molar-refractivity contribution in [2.24, 2.45) is 5.73 Å². The van der Waals surface area contributed by atoms with Crippen molar-refractivity contribution < 1.29 is 22.6 Å². The average molecular weight is 289 g/mol. The molecule has 0 bridgehead atoms. The maximum atomic E-state index is 9.79. The van der Waals surface area contributed by atoms with Gasteiger partial charge in [0.05, 0.1) is 12.6 Å². The quantitative estimate of drug-likeness (QED) is 0.252. The Labute approximate surface area is 110 Å². The summed E-state index contributed by atoms with van der Waals surface area (Å²) >= 11 is 0. The highest BCUT2D eigenvalue weighted by atomic mass is 32.3. The Kier molecular flexibility index (Phi) is 4.84. The van der Waals surface area contributed by atoms with Crippen LogP contribution >= 0.6 is 0 Å². The molecule has 0 saturated carbocycles. The molecule has 0 aliphatic carbocycles. The molecule has 1 aromatic rings. The first kappa shape index (κ1) is 15.4. The molecule has 0 fully saturated rings. The molecule has 106 valence electrons. The minimum absolute atomic E-state index is 0.0125. The highest BCUT2D eigenvalue weighted by Crippen LogP contribution is 2.25. The second-order valence-electron chi connectivity index (χ2n) is 3.93. The van der Waals surface area contributed by atoms with E-state index in [0.29, 0.717) is 13.1 Å². The van der Waals surface area contributed by atoms with Gasteiger partial charge >= 0.3 is 10.4 Å². The minimum atomic E-state index is -4.67. The summed E-state index contributed by atoms with van der Waals surface area (Å²) in [6, 6.07) is 7.70. The molecule has 19 heavy (non-hydrogen) atoms. The summed E-state index contributed by atoms with van der Waals surface area (Å²) < 4.78 is 31.6. The van der Waals surface area contributed by atoms with Gasteiger partial charge in [0, 0.05) is 6.54 Å². The average Bonchev–Trinajstić information content (AvgIpc) is 2.26. The summed E-state index contributed by atoms with van der Waals surface area (Å²) in [4.78, 5) is 1.66. The number of nitrogens with one attached hydrogen (secondary N) is 1. The van der Waals surface area contributed by atoms with Crippen LogP contribution in [0.3, 0.4) is 0 Å². The fourth-order valence-electron chi connectivity index (χ4n) is 1.76.